The van der Waals surface area contributed by atoms with Crippen LogP contribution in [-0.4, -0.2) is 47.4 Å². The smallest absolute Gasteiger partial charge is 0.305 e. The van der Waals surface area contributed by atoms with Crippen molar-refractivity contribution < 1.29 is 24.5 Å². The first-order chi connectivity index (χ1) is 42.5. The van der Waals surface area contributed by atoms with Gasteiger partial charge in [0.15, 0.2) is 0 Å². The number of ether oxygens (including phenoxy) is 1. The van der Waals surface area contributed by atoms with Crippen molar-refractivity contribution in [3.05, 3.63) is 36.5 Å². The topological polar surface area (TPSA) is 95.9 Å². The van der Waals surface area contributed by atoms with Crippen LogP contribution in [0, 0.1) is 0 Å². The van der Waals surface area contributed by atoms with Gasteiger partial charge in [0.2, 0.25) is 5.91 Å². The highest BCUT2D eigenvalue weighted by Gasteiger charge is 2.18. The lowest BCUT2D eigenvalue weighted by molar-refractivity contribution is -0.143. The van der Waals surface area contributed by atoms with E-state index in [9.17, 15) is 19.8 Å². The third-order valence-electron chi connectivity index (χ3n) is 18.4. The van der Waals surface area contributed by atoms with Gasteiger partial charge in [-0.05, 0) is 83.5 Å². The molecule has 0 saturated carbocycles. The van der Waals surface area contributed by atoms with Crippen molar-refractivity contribution in [1.29, 1.82) is 0 Å². The number of nitrogens with one attached hydrogen (secondary N) is 1. The van der Waals surface area contributed by atoms with Crippen LogP contribution in [0.1, 0.15) is 438 Å². The van der Waals surface area contributed by atoms with E-state index in [-0.39, 0.29) is 18.5 Å². The van der Waals surface area contributed by atoms with E-state index >= 15 is 0 Å². The second-order valence-electron chi connectivity index (χ2n) is 27.0. The summed E-state index contributed by atoms with van der Waals surface area (Å²) in [4.78, 5) is 24.6. The van der Waals surface area contributed by atoms with Crippen molar-refractivity contribution in [3.8, 4) is 0 Å². The zero-order valence-electron chi connectivity index (χ0n) is 58.3. The Labute approximate surface area is 538 Å². The third kappa shape index (κ3) is 71.2. The van der Waals surface area contributed by atoms with Gasteiger partial charge in [0.05, 0.1) is 25.4 Å². The van der Waals surface area contributed by atoms with Crippen LogP contribution in [0.15, 0.2) is 36.5 Å². The molecule has 0 aromatic rings. The molecule has 3 N–H and O–H groups in total. The van der Waals surface area contributed by atoms with Crippen molar-refractivity contribution in [2.75, 3.05) is 13.2 Å². The fourth-order valence-corrected chi connectivity index (χ4v) is 12.4. The minimum Gasteiger partial charge on any atom is -0.466 e. The molecule has 86 heavy (non-hydrogen) atoms. The maximum atomic E-state index is 12.6. The zero-order chi connectivity index (χ0) is 62.0. The Balaban J connectivity index is 3.39. The Bertz CT molecular complexity index is 1390. The lowest BCUT2D eigenvalue weighted by atomic mass is 10.0. The van der Waals surface area contributed by atoms with Gasteiger partial charge in [-0.15, -0.1) is 0 Å². The normalized spacial score (nSPS) is 12.7. The predicted octanol–water partition coefficient (Wildman–Crippen LogP) is 25.8. The third-order valence-corrected chi connectivity index (χ3v) is 18.4. The van der Waals surface area contributed by atoms with Crippen LogP contribution in [0.3, 0.4) is 0 Å². The molecule has 0 aliphatic heterocycles. The van der Waals surface area contributed by atoms with Gasteiger partial charge >= 0.3 is 5.97 Å². The Morgan fingerprint density at radius 2 is 0.547 bits per heavy atom. The SMILES string of the molecule is CCCCCCCC/C=C\CCCCCCCC(=O)OCCCCCCCCCCCCCC/C=C\CCCCCCCCCCCCCCCCC(=O)NC(CO)C(O)/C=C/CCCCCCCCCCCCCCCCCCCCCCCC. The number of esters is 1. The molecule has 6 heteroatoms. The number of amides is 1. The second kappa shape index (κ2) is 75.5. The van der Waals surface area contributed by atoms with Gasteiger partial charge in [0.1, 0.15) is 0 Å². The Morgan fingerprint density at radius 1 is 0.314 bits per heavy atom. The summed E-state index contributed by atoms with van der Waals surface area (Å²) < 4.78 is 5.49. The van der Waals surface area contributed by atoms with Gasteiger partial charge in [-0.1, -0.05) is 378 Å². The minimum absolute atomic E-state index is 0.00960. The van der Waals surface area contributed by atoms with E-state index in [1.54, 1.807) is 6.08 Å². The number of allylic oxidation sites excluding steroid dienone is 5. The average molecular weight is 1210 g/mol. The van der Waals surface area contributed by atoms with Crippen LogP contribution in [-0.2, 0) is 14.3 Å². The number of unbranched alkanes of at least 4 members (excludes halogenated alkanes) is 59. The number of carbonyl (C=O) groups excluding carboxylic acids is 2. The van der Waals surface area contributed by atoms with Crippen LogP contribution in [0.5, 0.6) is 0 Å². The highest BCUT2D eigenvalue weighted by Crippen LogP contribution is 2.19. The molecule has 0 heterocycles. The summed E-state index contributed by atoms with van der Waals surface area (Å²) in [5.41, 5.74) is 0. The quantitative estimate of drug-likeness (QED) is 0.0320. The fourth-order valence-electron chi connectivity index (χ4n) is 12.4. The number of rotatable bonds is 74. The molecule has 1 amide bonds. The maximum Gasteiger partial charge on any atom is 0.305 e. The molecule has 0 spiro atoms. The fraction of sp³-hybridized carbons (Fsp3) is 0.900. The van der Waals surface area contributed by atoms with Crippen molar-refractivity contribution in [2.45, 2.75) is 450 Å². The standard InChI is InChI=1S/C80H153NO5/c1-3-5-7-9-11-13-15-17-19-20-21-22-23-32-35-38-41-45-48-52-56-60-64-68-72-78(83)77(76-82)81-79(84)73-69-65-61-57-53-49-46-42-39-36-33-30-28-26-24-25-27-29-31-34-37-40-43-47-51-55-59-63-67-71-75-86-80(85)74-70-66-62-58-54-50-44-18-16-14-12-10-8-6-4-2/h18,25,27,44,68,72,77-78,82-83H,3-17,19-24,26,28-43,45-67,69-71,73-76H2,1-2H3,(H,81,84)/b27-25-,44-18-,72-68+. The highest BCUT2D eigenvalue weighted by molar-refractivity contribution is 5.76. The molecule has 0 rings (SSSR count). The summed E-state index contributed by atoms with van der Waals surface area (Å²) in [6.07, 6.45) is 98.3. The second-order valence-corrected chi connectivity index (χ2v) is 27.0. The molecule has 0 aromatic carbocycles. The van der Waals surface area contributed by atoms with Crippen LogP contribution < -0.4 is 5.32 Å². The van der Waals surface area contributed by atoms with Gasteiger partial charge < -0.3 is 20.3 Å². The van der Waals surface area contributed by atoms with Crippen LogP contribution in [0.2, 0.25) is 0 Å². The van der Waals surface area contributed by atoms with Gasteiger partial charge in [-0.25, -0.2) is 0 Å². The molecule has 2 unspecified atom stereocenters. The minimum atomic E-state index is -0.845. The lowest BCUT2D eigenvalue weighted by Crippen LogP contribution is -2.45. The average Bonchev–Trinajstić information content (AvgIpc) is 3.54. The molecule has 0 saturated heterocycles. The summed E-state index contributed by atoms with van der Waals surface area (Å²) in [5, 5.41) is 23.3. The molecule has 0 radical (unpaired) electrons. The largest absolute Gasteiger partial charge is 0.466 e. The van der Waals surface area contributed by atoms with E-state index in [0.29, 0.717) is 19.4 Å². The molecule has 0 bridgehead atoms. The molecule has 0 aromatic heterocycles. The zero-order valence-corrected chi connectivity index (χ0v) is 58.3. The van der Waals surface area contributed by atoms with Gasteiger partial charge in [0.25, 0.3) is 0 Å². The van der Waals surface area contributed by atoms with Gasteiger partial charge in [-0.3, -0.25) is 9.59 Å². The van der Waals surface area contributed by atoms with Gasteiger partial charge in [0, 0.05) is 12.8 Å². The van der Waals surface area contributed by atoms with Crippen molar-refractivity contribution in [2.24, 2.45) is 0 Å². The summed E-state index contributed by atoms with van der Waals surface area (Å²) in [7, 11) is 0. The van der Waals surface area contributed by atoms with E-state index in [4.69, 9.17) is 4.74 Å². The van der Waals surface area contributed by atoms with Crippen molar-refractivity contribution in [3.63, 3.8) is 0 Å². The maximum absolute atomic E-state index is 12.6. The molecular weight excluding hydrogens is 1050 g/mol. The monoisotopic (exact) mass is 1210 g/mol. The molecule has 0 aliphatic carbocycles. The van der Waals surface area contributed by atoms with Crippen molar-refractivity contribution in [1.82, 2.24) is 5.32 Å². The first-order valence-electron chi connectivity index (χ1n) is 39.3. The molecular formula is C80H153NO5. The number of aliphatic hydroxyl groups excluding tert-OH is 2. The summed E-state index contributed by atoms with van der Waals surface area (Å²) >= 11 is 0. The van der Waals surface area contributed by atoms with E-state index in [1.807, 2.05) is 6.08 Å². The van der Waals surface area contributed by atoms with E-state index in [2.05, 4.69) is 43.5 Å². The highest BCUT2D eigenvalue weighted by atomic mass is 16.5. The van der Waals surface area contributed by atoms with E-state index in [0.717, 1.165) is 44.9 Å². The number of aliphatic hydroxyl groups is 2. The Morgan fingerprint density at radius 3 is 0.826 bits per heavy atom. The number of carbonyl (C=O) groups is 2. The molecule has 0 fully saturated rings. The van der Waals surface area contributed by atoms with E-state index < -0.39 is 12.1 Å². The number of hydrogen-bond donors (Lipinski definition) is 3. The van der Waals surface area contributed by atoms with Crippen LogP contribution >= 0.6 is 0 Å². The summed E-state index contributed by atoms with van der Waals surface area (Å²) in [6, 6.07) is -0.629. The predicted molar refractivity (Wildman–Crippen MR) is 379 cm³/mol. The van der Waals surface area contributed by atoms with E-state index in [1.165, 1.54) is 366 Å². The Hall–Kier alpha value is -1.92. The molecule has 508 valence electrons. The molecule has 6 nitrogen and oxygen atoms in total. The molecule has 0 aliphatic rings. The van der Waals surface area contributed by atoms with Crippen LogP contribution in [0.4, 0.5) is 0 Å². The number of hydrogen-bond acceptors (Lipinski definition) is 5. The Kier molecular flexibility index (Phi) is 73.9. The first-order valence-corrected chi connectivity index (χ1v) is 39.3. The van der Waals surface area contributed by atoms with Gasteiger partial charge in [-0.2, -0.15) is 0 Å². The summed E-state index contributed by atoms with van der Waals surface area (Å²) in [6.45, 7) is 4.94. The lowest BCUT2D eigenvalue weighted by Gasteiger charge is -2.20. The van der Waals surface area contributed by atoms with Crippen LogP contribution in [0.25, 0.3) is 0 Å². The summed E-state index contributed by atoms with van der Waals surface area (Å²) in [5.74, 6) is -0.0521. The first kappa shape index (κ1) is 84.1. The van der Waals surface area contributed by atoms with Crippen molar-refractivity contribution >= 4 is 11.9 Å². The molecule has 2 atom stereocenters.